The first-order chi connectivity index (χ1) is 15.5. The molecule has 7 heteroatoms. The molecule has 4 rings (SSSR count). The summed E-state index contributed by atoms with van der Waals surface area (Å²) in [6.07, 6.45) is 0. The van der Waals surface area contributed by atoms with Gasteiger partial charge in [-0.05, 0) is 47.5 Å². The first-order valence-electron chi connectivity index (χ1n) is 10.3. The smallest absolute Gasteiger partial charge is 0.341 e. The van der Waals surface area contributed by atoms with Crippen LogP contribution in [0.15, 0.2) is 77.2 Å². The van der Waals surface area contributed by atoms with Crippen molar-refractivity contribution >= 4 is 28.8 Å². The van der Waals surface area contributed by atoms with E-state index in [2.05, 4.69) is 39.0 Å². The molecule has 0 atom stereocenters. The van der Waals surface area contributed by atoms with Crippen LogP contribution in [0.5, 0.6) is 5.75 Å². The fourth-order valence-corrected chi connectivity index (χ4v) is 3.41. The Morgan fingerprint density at radius 2 is 1.72 bits per heavy atom. The van der Waals surface area contributed by atoms with Gasteiger partial charge < -0.3 is 24.1 Å². The lowest BCUT2D eigenvalue weighted by atomic mass is 10.1. The molecule has 0 saturated heterocycles. The van der Waals surface area contributed by atoms with Crippen LogP contribution >= 0.6 is 0 Å². The van der Waals surface area contributed by atoms with E-state index in [1.54, 1.807) is 6.07 Å². The highest BCUT2D eigenvalue weighted by Crippen LogP contribution is 2.26. The van der Waals surface area contributed by atoms with E-state index in [4.69, 9.17) is 14.3 Å². The molecule has 1 N–H and O–H groups in total. The number of nitrogens with zero attached hydrogens (tertiary/aromatic N) is 3. The van der Waals surface area contributed by atoms with Crippen molar-refractivity contribution in [1.29, 1.82) is 0 Å². The highest BCUT2D eigenvalue weighted by atomic mass is 16.5. The molecule has 0 radical (unpaired) electrons. The molecule has 0 spiro atoms. The van der Waals surface area contributed by atoms with Gasteiger partial charge in [0.2, 0.25) is 0 Å². The van der Waals surface area contributed by atoms with Crippen molar-refractivity contribution in [3.63, 3.8) is 0 Å². The lowest BCUT2D eigenvalue weighted by Gasteiger charge is -2.22. The van der Waals surface area contributed by atoms with Gasteiger partial charge in [-0.1, -0.05) is 36.4 Å². The maximum atomic E-state index is 10.8. The molecule has 32 heavy (non-hydrogen) atoms. The zero-order valence-corrected chi connectivity index (χ0v) is 18.1. The van der Waals surface area contributed by atoms with Crippen molar-refractivity contribution in [3.8, 4) is 5.75 Å². The van der Waals surface area contributed by atoms with E-state index >= 15 is 0 Å². The number of anilines is 2. The van der Waals surface area contributed by atoms with E-state index in [9.17, 15) is 4.79 Å². The molecular formula is C25H25N3O4. The third-order valence-corrected chi connectivity index (χ3v) is 5.01. The fraction of sp³-hybridized carbons (Fsp3) is 0.200. The Bertz CT molecular complexity index is 1170. The Balaban J connectivity index is 1.61. The molecule has 0 aliphatic carbocycles. The minimum atomic E-state index is -1.01. The number of rotatable bonds is 9. The minimum Gasteiger partial charge on any atom is -0.482 e. The fourth-order valence-electron chi connectivity index (χ4n) is 3.41. The van der Waals surface area contributed by atoms with E-state index in [-0.39, 0.29) is 6.61 Å². The van der Waals surface area contributed by atoms with Gasteiger partial charge in [0, 0.05) is 32.9 Å². The number of aliphatic carboxylic acids is 1. The lowest BCUT2D eigenvalue weighted by molar-refractivity contribution is -0.139. The molecule has 1 aromatic heterocycles. The van der Waals surface area contributed by atoms with Crippen LogP contribution in [0.3, 0.4) is 0 Å². The van der Waals surface area contributed by atoms with E-state index < -0.39 is 5.97 Å². The van der Waals surface area contributed by atoms with Crippen molar-refractivity contribution in [2.75, 3.05) is 30.5 Å². The molecule has 0 aliphatic heterocycles. The van der Waals surface area contributed by atoms with Crippen molar-refractivity contribution in [2.24, 2.45) is 0 Å². The van der Waals surface area contributed by atoms with Crippen LogP contribution in [0.2, 0.25) is 0 Å². The number of carboxylic acids is 1. The quantitative estimate of drug-likeness (QED) is 0.416. The number of carboxylic acid groups (broad SMARTS) is 1. The van der Waals surface area contributed by atoms with Crippen LogP contribution in [-0.4, -0.2) is 36.8 Å². The number of aromatic nitrogens is 1. The SMILES string of the molecule is CN(C)c1ccc(CN(Cc2cccc(OCC(=O)O)c2)c2nc3ccccc3o2)cc1. The summed E-state index contributed by atoms with van der Waals surface area (Å²) in [4.78, 5) is 19.6. The normalized spacial score (nSPS) is 10.8. The van der Waals surface area contributed by atoms with Gasteiger partial charge in [0.15, 0.2) is 12.2 Å². The molecule has 4 aromatic rings. The molecule has 0 saturated carbocycles. The van der Waals surface area contributed by atoms with Crippen LogP contribution in [0, 0.1) is 0 Å². The average Bonchev–Trinajstić information content (AvgIpc) is 3.22. The molecule has 0 aliphatic rings. The molecule has 3 aromatic carbocycles. The molecule has 164 valence electrons. The Kier molecular flexibility index (Phi) is 6.26. The Hall–Kier alpha value is -4.00. The second kappa shape index (κ2) is 9.43. The number of hydrogen-bond donors (Lipinski definition) is 1. The van der Waals surface area contributed by atoms with Crippen LogP contribution in [0.25, 0.3) is 11.1 Å². The highest BCUT2D eigenvalue weighted by Gasteiger charge is 2.16. The summed E-state index contributed by atoms with van der Waals surface area (Å²) in [7, 11) is 4.03. The van der Waals surface area contributed by atoms with E-state index in [1.165, 1.54) is 0 Å². The number of hydrogen-bond acceptors (Lipinski definition) is 6. The van der Waals surface area contributed by atoms with Gasteiger partial charge >= 0.3 is 5.97 Å². The van der Waals surface area contributed by atoms with Gasteiger partial charge in [0.1, 0.15) is 11.3 Å². The maximum absolute atomic E-state index is 10.8. The van der Waals surface area contributed by atoms with Gasteiger partial charge in [0.05, 0.1) is 0 Å². The molecule has 0 unspecified atom stereocenters. The number of oxazole rings is 1. The van der Waals surface area contributed by atoms with Gasteiger partial charge in [0.25, 0.3) is 6.01 Å². The number of benzene rings is 3. The molecule has 0 amide bonds. The second-order valence-electron chi connectivity index (χ2n) is 7.71. The van der Waals surface area contributed by atoms with Crippen LogP contribution in [-0.2, 0) is 17.9 Å². The monoisotopic (exact) mass is 431 g/mol. The van der Waals surface area contributed by atoms with Crippen molar-refractivity contribution < 1.29 is 19.1 Å². The van der Waals surface area contributed by atoms with E-state index in [0.29, 0.717) is 24.9 Å². The largest absolute Gasteiger partial charge is 0.482 e. The Morgan fingerprint density at radius 1 is 0.969 bits per heavy atom. The van der Waals surface area contributed by atoms with E-state index in [1.807, 2.05) is 56.6 Å². The predicted octanol–water partition coefficient (Wildman–Crippen LogP) is 4.56. The van der Waals surface area contributed by atoms with Gasteiger partial charge in [-0.3, -0.25) is 0 Å². The highest BCUT2D eigenvalue weighted by molar-refractivity contribution is 5.74. The summed E-state index contributed by atoms with van der Waals surface area (Å²) in [5.41, 5.74) is 4.74. The summed E-state index contributed by atoms with van der Waals surface area (Å²) < 4.78 is 11.4. The topological polar surface area (TPSA) is 79.0 Å². The number of ether oxygens (including phenoxy) is 1. The standard InChI is InChI=1S/C25H25N3O4/c1-27(2)20-12-10-18(11-13-20)15-28(25-26-22-8-3-4-9-23(22)32-25)16-19-6-5-7-21(14-19)31-17-24(29)30/h3-14H,15-17H2,1-2H3,(H,29,30). The third kappa shape index (κ3) is 5.18. The predicted molar refractivity (Wildman–Crippen MR) is 124 cm³/mol. The maximum Gasteiger partial charge on any atom is 0.341 e. The van der Waals surface area contributed by atoms with Gasteiger partial charge in [-0.15, -0.1) is 0 Å². The van der Waals surface area contributed by atoms with E-state index in [0.717, 1.165) is 27.9 Å². The number of para-hydroxylation sites is 2. The first kappa shape index (κ1) is 21.2. The average molecular weight is 431 g/mol. The van der Waals surface area contributed by atoms with Crippen LogP contribution in [0.4, 0.5) is 11.7 Å². The Labute approximate surface area is 186 Å². The summed E-state index contributed by atoms with van der Waals surface area (Å²) in [5.74, 6) is -0.498. The minimum absolute atomic E-state index is 0.378. The summed E-state index contributed by atoms with van der Waals surface area (Å²) in [6, 6.07) is 24.0. The lowest BCUT2D eigenvalue weighted by Crippen LogP contribution is -2.22. The third-order valence-electron chi connectivity index (χ3n) is 5.01. The van der Waals surface area contributed by atoms with Crippen LogP contribution < -0.4 is 14.5 Å². The van der Waals surface area contributed by atoms with Gasteiger partial charge in [-0.2, -0.15) is 4.98 Å². The molecule has 0 bridgehead atoms. The molecular weight excluding hydrogens is 406 g/mol. The number of fused-ring (bicyclic) bond motifs is 1. The first-order valence-corrected chi connectivity index (χ1v) is 10.3. The summed E-state index contributed by atoms with van der Waals surface area (Å²) >= 11 is 0. The molecule has 7 nitrogen and oxygen atoms in total. The summed E-state index contributed by atoms with van der Waals surface area (Å²) in [6.45, 7) is 0.740. The Morgan fingerprint density at radius 3 is 2.44 bits per heavy atom. The zero-order chi connectivity index (χ0) is 22.5. The zero-order valence-electron chi connectivity index (χ0n) is 18.1. The summed E-state index contributed by atoms with van der Waals surface area (Å²) in [5, 5.41) is 8.87. The van der Waals surface area contributed by atoms with Crippen molar-refractivity contribution in [3.05, 3.63) is 83.9 Å². The van der Waals surface area contributed by atoms with Gasteiger partial charge in [-0.25, -0.2) is 4.79 Å². The second-order valence-corrected chi connectivity index (χ2v) is 7.71. The van der Waals surface area contributed by atoms with Crippen molar-refractivity contribution in [1.82, 2.24) is 4.98 Å². The van der Waals surface area contributed by atoms with Crippen LogP contribution in [0.1, 0.15) is 11.1 Å². The number of carbonyl (C=O) groups is 1. The molecule has 1 heterocycles. The molecule has 0 fully saturated rings. The van der Waals surface area contributed by atoms with Crippen molar-refractivity contribution in [2.45, 2.75) is 13.1 Å².